The minimum Gasteiger partial charge on any atom is -0.491 e. The first-order valence-electron chi connectivity index (χ1n) is 14.5. The number of rotatable bonds is 11. The number of hydrogen-bond acceptors (Lipinski definition) is 8. The molecule has 0 spiro atoms. The fraction of sp³-hybridized carbons (Fsp3) is 0.690. The van der Waals surface area contributed by atoms with E-state index in [1.807, 2.05) is 0 Å². The normalized spacial score (nSPS) is 18.9. The molecule has 41 heavy (non-hydrogen) atoms. The number of carbonyl (C=O) groups is 4. The molecule has 12 nitrogen and oxygen atoms in total. The second kappa shape index (κ2) is 15.0. The number of amides is 3. The van der Waals surface area contributed by atoms with Crippen molar-refractivity contribution in [2.75, 3.05) is 39.3 Å². The minimum atomic E-state index is -0.894. The number of carboxylic acid groups (broad SMARTS) is 1. The van der Waals surface area contributed by atoms with E-state index in [2.05, 4.69) is 10.3 Å². The molecule has 2 aliphatic rings. The van der Waals surface area contributed by atoms with E-state index in [1.54, 1.807) is 44.1 Å². The number of pyridine rings is 1. The monoisotopic (exact) mass is 575 g/mol. The number of aromatic nitrogens is 1. The van der Waals surface area contributed by atoms with Gasteiger partial charge in [-0.25, -0.2) is 4.79 Å². The van der Waals surface area contributed by atoms with Crippen molar-refractivity contribution >= 4 is 23.9 Å². The first-order chi connectivity index (χ1) is 19.4. The average Bonchev–Trinajstić information content (AvgIpc) is 2.93. The molecule has 3 amide bonds. The van der Waals surface area contributed by atoms with Crippen LogP contribution in [0, 0.1) is 11.8 Å². The van der Waals surface area contributed by atoms with Crippen molar-refractivity contribution in [2.45, 2.75) is 77.4 Å². The average molecular weight is 576 g/mol. The molecule has 4 N–H and O–H groups in total. The molecular formula is C29H45N5O7. The molecule has 228 valence electrons. The van der Waals surface area contributed by atoms with Gasteiger partial charge in [0.25, 0.3) is 0 Å². The Labute approximate surface area is 241 Å². The van der Waals surface area contributed by atoms with E-state index in [0.717, 1.165) is 12.8 Å². The SMILES string of the molecule is CC(C)(C)OC(=O)C[C@H](NC(=O)[C@@H]1CCCN(C(=O)CCC2CCN(C(=O)O)CC2)C1)c1cncc(OCCN)c1. The van der Waals surface area contributed by atoms with Gasteiger partial charge in [-0.3, -0.25) is 19.4 Å². The second-order valence-electron chi connectivity index (χ2n) is 11.9. The predicted octanol–water partition coefficient (Wildman–Crippen LogP) is 2.72. The molecule has 1 aromatic heterocycles. The van der Waals surface area contributed by atoms with Crippen LogP contribution in [0.3, 0.4) is 0 Å². The minimum absolute atomic E-state index is 0.0161. The van der Waals surface area contributed by atoms with Gasteiger partial charge in [-0.1, -0.05) is 0 Å². The van der Waals surface area contributed by atoms with E-state index in [0.29, 0.717) is 82.2 Å². The number of nitrogens with zero attached hydrogens (tertiary/aromatic N) is 3. The molecule has 0 radical (unpaired) electrons. The zero-order valence-electron chi connectivity index (χ0n) is 24.5. The van der Waals surface area contributed by atoms with Crippen molar-refractivity contribution in [1.82, 2.24) is 20.1 Å². The topological polar surface area (TPSA) is 164 Å². The zero-order valence-corrected chi connectivity index (χ0v) is 24.5. The van der Waals surface area contributed by atoms with Gasteiger partial charge in [0.1, 0.15) is 18.0 Å². The van der Waals surface area contributed by atoms with E-state index in [9.17, 15) is 19.2 Å². The van der Waals surface area contributed by atoms with Gasteiger partial charge < -0.3 is 35.4 Å². The van der Waals surface area contributed by atoms with Gasteiger partial charge in [0.05, 0.1) is 24.6 Å². The Morgan fingerprint density at radius 1 is 1.12 bits per heavy atom. The van der Waals surface area contributed by atoms with Crippen molar-refractivity contribution in [2.24, 2.45) is 17.6 Å². The van der Waals surface area contributed by atoms with Crippen LogP contribution in [0.1, 0.15) is 77.3 Å². The molecule has 0 aliphatic carbocycles. The molecule has 0 bridgehead atoms. The third kappa shape index (κ3) is 10.5. The van der Waals surface area contributed by atoms with Crippen molar-refractivity contribution in [1.29, 1.82) is 0 Å². The summed E-state index contributed by atoms with van der Waals surface area (Å²) in [5.74, 6) is -0.263. The number of piperidine rings is 2. The Bertz CT molecular complexity index is 1050. The van der Waals surface area contributed by atoms with Crippen molar-refractivity contribution < 1.29 is 33.8 Å². The van der Waals surface area contributed by atoms with Crippen LogP contribution in [0.15, 0.2) is 18.5 Å². The second-order valence-corrected chi connectivity index (χ2v) is 11.9. The van der Waals surface area contributed by atoms with Gasteiger partial charge in [0.15, 0.2) is 0 Å². The number of carbonyl (C=O) groups excluding carboxylic acids is 3. The van der Waals surface area contributed by atoms with Crippen LogP contribution < -0.4 is 15.8 Å². The molecule has 2 saturated heterocycles. The van der Waals surface area contributed by atoms with E-state index < -0.39 is 29.6 Å². The zero-order chi connectivity index (χ0) is 30.0. The maximum atomic E-state index is 13.4. The lowest BCUT2D eigenvalue weighted by atomic mass is 9.91. The lowest BCUT2D eigenvalue weighted by Gasteiger charge is -2.34. The number of esters is 1. The summed E-state index contributed by atoms with van der Waals surface area (Å²) in [6.45, 7) is 7.93. The third-order valence-electron chi connectivity index (χ3n) is 7.43. The van der Waals surface area contributed by atoms with Gasteiger partial charge in [-0.05, 0) is 70.4 Å². The largest absolute Gasteiger partial charge is 0.491 e. The number of ether oxygens (including phenoxy) is 2. The summed E-state index contributed by atoms with van der Waals surface area (Å²) in [4.78, 5) is 57.7. The van der Waals surface area contributed by atoms with E-state index in [4.69, 9.17) is 20.3 Å². The molecule has 2 atom stereocenters. The number of nitrogens with one attached hydrogen (secondary N) is 1. The lowest BCUT2D eigenvalue weighted by Crippen LogP contribution is -2.46. The standard InChI is InChI=1S/C29H45N5O7/c1-29(2,3)41-26(36)16-24(22-15-23(18-31-17-22)40-14-10-30)32-27(37)21-5-4-11-34(19-21)25(35)7-6-20-8-12-33(13-9-20)28(38)39/h15,17-18,20-21,24H,4-14,16,19,30H2,1-3H3,(H,32,37)(H,38,39)/t21-,24+/m1/s1. The van der Waals surface area contributed by atoms with Crippen molar-refractivity contribution in [3.8, 4) is 5.75 Å². The Kier molecular flexibility index (Phi) is 11.7. The van der Waals surface area contributed by atoms with Crippen molar-refractivity contribution in [3.63, 3.8) is 0 Å². The van der Waals surface area contributed by atoms with Gasteiger partial charge >= 0.3 is 12.1 Å². The molecule has 1 aromatic rings. The Morgan fingerprint density at radius 3 is 2.51 bits per heavy atom. The summed E-state index contributed by atoms with van der Waals surface area (Å²) >= 11 is 0. The van der Waals surface area contributed by atoms with Crippen molar-refractivity contribution in [3.05, 3.63) is 24.0 Å². The molecule has 3 heterocycles. The highest BCUT2D eigenvalue weighted by Crippen LogP contribution is 2.26. The van der Waals surface area contributed by atoms with Crippen LogP contribution in [-0.2, 0) is 19.1 Å². The highest BCUT2D eigenvalue weighted by molar-refractivity contribution is 5.82. The van der Waals surface area contributed by atoms with Gasteiger partial charge in [-0.15, -0.1) is 0 Å². The Balaban J connectivity index is 1.60. The van der Waals surface area contributed by atoms with Crippen LogP contribution >= 0.6 is 0 Å². The summed E-state index contributed by atoms with van der Waals surface area (Å²) in [6.07, 6.45) is 6.13. The van der Waals surface area contributed by atoms with E-state index >= 15 is 0 Å². The highest BCUT2D eigenvalue weighted by Gasteiger charge is 2.32. The van der Waals surface area contributed by atoms with Gasteiger partial charge in [0, 0.05) is 45.3 Å². The van der Waals surface area contributed by atoms with E-state index in [1.165, 1.54) is 4.90 Å². The molecular weight excluding hydrogens is 530 g/mol. The molecule has 2 fully saturated rings. The third-order valence-corrected chi connectivity index (χ3v) is 7.43. The quantitative estimate of drug-likeness (QED) is 0.337. The van der Waals surface area contributed by atoms with Crippen LogP contribution in [-0.4, -0.2) is 88.7 Å². The van der Waals surface area contributed by atoms with Gasteiger partial charge in [0.2, 0.25) is 11.8 Å². The van der Waals surface area contributed by atoms with Crippen LogP contribution in [0.25, 0.3) is 0 Å². The summed E-state index contributed by atoms with van der Waals surface area (Å²) < 4.78 is 11.1. The molecule has 0 saturated carbocycles. The molecule has 0 unspecified atom stereocenters. The predicted molar refractivity (Wildman–Crippen MR) is 151 cm³/mol. The highest BCUT2D eigenvalue weighted by atomic mass is 16.6. The summed E-state index contributed by atoms with van der Waals surface area (Å²) in [5, 5.41) is 12.1. The lowest BCUT2D eigenvalue weighted by molar-refractivity contribution is -0.155. The smallest absolute Gasteiger partial charge is 0.407 e. The maximum Gasteiger partial charge on any atom is 0.407 e. The summed E-state index contributed by atoms with van der Waals surface area (Å²) in [5.41, 5.74) is 5.47. The molecule has 2 aliphatic heterocycles. The first-order valence-corrected chi connectivity index (χ1v) is 14.5. The summed E-state index contributed by atoms with van der Waals surface area (Å²) in [7, 11) is 0. The van der Waals surface area contributed by atoms with Crippen LogP contribution in [0.2, 0.25) is 0 Å². The van der Waals surface area contributed by atoms with E-state index in [-0.39, 0.29) is 18.2 Å². The summed E-state index contributed by atoms with van der Waals surface area (Å²) in [6, 6.07) is 1.05. The Morgan fingerprint density at radius 2 is 1.85 bits per heavy atom. The number of hydrogen-bond donors (Lipinski definition) is 3. The molecule has 3 rings (SSSR count). The van der Waals surface area contributed by atoms with Crippen LogP contribution in [0.5, 0.6) is 5.75 Å². The van der Waals surface area contributed by atoms with Gasteiger partial charge in [-0.2, -0.15) is 0 Å². The maximum absolute atomic E-state index is 13.4. The fourth-order valence-electron chi connectivity index (χ4n) is 5.29. The molecule has 12 heteroatoms. The first kappa shape index (κ1) is 32.1. The number of nitrogens with two attached hydrogens (primary N) is 1. The van der Waals surface area contributed by atoms with Crippen LogP contribution in [0.4, 0.5) is 4.79 Å². The number of likely N-dealkylation sites (tertiary alicyclic amines) is 2. The molecule has 0 aromatic carbocycles. The Hall–Kier alpha value is -3.41. The fourth-order valence-corrected chi connectivity index (χ4v) is 5.29.